The molecule has 2 aromatic carbocycles. The van der Waals surface area contributed by atoms with Gasteiger partial charge in [0.05, 0.1) is 0 Å². The van der Waals surface area contributed by atoms with E-state index in [9.17, 15) is 4.79 Å². The molecule has 1 amide bonds. The molecule has 0 fully saturated rings. The first kappa shape index (κ1) is 20.0. The van der Waals surface area contributed by atoms with Gasteiger partial charge in [-0.3, -0.25) is 15.6 Å². The van der Waals surface area contributed by atoms with Gasteiger partial charge in [-0.05, 0) is 74.4 Å². The van der Waals surface area contributed by atoms with Gasteiger partial charge >= 0.3 is 0 Å². The minimum Gasteiger partial charge on any atom is -0.489 e. The number of hydrogen-bond donors (Lipinski definition) is 3. The highest BCUT2D eigenvalue weighted by atomic mass is 35.5. The fraction of sp³-hybridized carbons (Fsp3) is 0.263. The van der Waals surface area contributed by atoms with Crippen LogP contribution in [-0.2, 0) is 6.61 Å². The number of halogens is 1. The smallest absolute Gasteiger partial charge is 0.269 e. The summed E-state index contributed by atoms with van der Waals surface area (Å²) in [6.07, 6.45) is 0. The third kappa shape index (κ3) is 6.20. The quantitative estimate of drug-likeness (QED) is 0.535. The van der Waals surface area contributed by atoms with Gasteiger partial charge in [-0.2, -0.15) is 0 Å². The second kappa shape index (κ2) is 9.40. The van der Waals surface area contributed by atoms with Crippen LogP contribution in [0, 0.1) is 6.92 Å². The zero-order valence-electron chi connectivity index (χ0n) is 14.9. The summed E-state index contributed by atoms with van der Waals surface area (Å²) in [5.74, 6) is 0.489. The molecule has 2 aromatic rings. The van der Waals surface area contributed by atoms with E-state index in [0.29, 0.717) is 22.3 Å². The van der Waals surface area contributed by atoms with Crippen LogP contribution in [0.1, 0.15) is 35.3 Å². The highest BCUT2D eigenvalue weighted by Crippen LogP contribution is 2.21. The molecule has 0 aromatic heterocycles. The number of carbonyl (C=O) groups excluding carboxylic acids is 1. The second-order valence-corrected chi connectivity index (χ2v) is 6.92. The average molecular weight is 392 g/mol. The number of hydrazine groups is 1. The molecule has 26 heavy (non-hydrogen) atoms. The highest BCUT2D eigenvalue weighted by Gasteiger charge is 2.07. The van der Waals surface area contributed by atoms with E-state index in [-0.39, 0.29) is 11.9 Å². The van der Waals surface area contributed by atoms with E-state index in [4.69, 9.17) is 28.6 Å². The van der Waals surface area contributed by atoms with Crippen molar-refractivity contribution in [2.75, 3.05) is 0 Å². The lowest BCUT2D eigenvalue weighted by atomic mass is 10.1. The summed E-state index contributed by atoms with van der Waals surface area (Å²) in [5, 5.41) is 4.06. The van der Waals surface area contributed by atoms with Crippen LogP contribution in [0.3, 0.4) is 0 Å². The average Bonchev–Trinajstić information content (AvgIpc) is 2.60. The van der Waals surface area contributed by atoms with Crippen LogP contribution >= 0.6 is 23.8 Å². The highest BCUT2D eigenvalue weighted by molar-refractivity contribution is 7.80. The van der Waals surface area contributed by atoms with E-state index >= 15 is 0 Å². The Morgan fingerprint density at radius 1 is 1.15 bits per heavy atom. The Labute approximate surface area is 164 Å². The summed E-state index contributed by atoms with van der Waals surface area (Å²) in [5.41, 5.74) is 7.67. The first-order valence-electron chi connectivity index (χ1n) is 8.20. The van der Waals surface area contributed by atoms with Gasteiger partial charge in [-0.15, -0.1) is 0 Å². The molecular weight excluding hydrogens is 370 g/mol. The van der Waals surface area contributed by atoms with Gasteiger partial charge in [0.15, 0.2) is 5.11 Å². The standard InChI is InChI=1S/C19H22ClN3O2S/c1-12(2)21-19(26)23-22-18(24)15-6-4-14(5-7-15)11-25-16-8-9-17(20)13(3)10-16/h4-10,12H,11H2,1-3H3,(H,22,24)(H2,21,23,26). The third-order valence-corrected chi connectivity index (χ3v) is 4.10. The first-order chi connectivity index (χ1) is 12.3. The van der Waals surface area contributed by atoms with Gasteiger partial charge in [0.25, 0.3) is 5.91 Å². The number of thiocarbonyl (C=S) groups is 1. The Bertz CT molecular complexity index is 779. The van der Waals surface area contributed by atoms with Crippen molar-refractivity contribution in [1.82, 2.24) is 16.2 Å². The van der Waals surface area contributed by atoms with E-state index in [1.165, 1.54) is 0 Å². The van der Waals surface area contributed by atoms with Crippen molar-refractivity contribution in [2.45, 2.75) is 33.4 Å². The van der Waals surface area contributed by atoms with Crippen molar-refractivity contribution >= 4 is 34.8 Å². The lowest BCUT2D eigenvalue weighted by molar-refractivity contribution is 0.0943. The van der Waals surface area contributed by atoms with E-state index in [1.54, 1.807) is 12.1 Å². The van der Waals surface area contributed by atoms with Gasteiger partial charge < -0.3 is 10.1 Å². The topological polar surface area (TPSA) is 62.4 Å². The number of hydrogen-bond acceptors (Lipinski definition) is 3. The molecule has 0 unspecified atom stereocenters. The molecule has 0 heterocycles. The minimum absolute atomic E-state index is 0.190. The molecule has 0 saturated carbocycles. The van der Waals surface area contributed by atoms with Crippen LogP contribution in [0.2, 0.25) is 5.02 Å². The molecular formula is C19H22ClN3O2S. The monoisotopic (exact) mass is 391 g/mol. The molecule has 7 heteroatoms. The van der Waals surface area contributed by atoms with Gasteiger partial charge in [-0.1, -0.05) is 23.7 Å². The van der Waals surface area contributed by atoms with Gasteiger partial charge in [0.1, 0.15) is 12.4 Å². The van der Waals surface area contributed by atoms with Crippen LogP contribution in [0.5, 0.6) is 5.75 Å². The number of ether oxygens (including phenoxy) is 1. The molecule has 0 atom stereocenters. The van der Waals surface area contributed by atoms with Crippen molar-refractivity contribution in [3.8, 4) is 5.75 Å². The predicted octanol–water partition coefficient (Wildman–Crippen LogP) is 3.74. The van der Waals surface area contributed by atoms with Crippen molar-refractivity contribution in [1.29, 1.82) is 0 Å². The largest absolute Gasteiger partial charge is 0.489 e. The van der Waals surface area contributed by atoms with E-state index < -0.39 is 0 Å². The van der Waals surface area contributed by atoms with Crippen LogP contribution in [-0.4, -0.2) is 17.1 Å². The van der Waals surface area contributed by atoms with E-state index in [1.807, 2.05) is 51.1 Å². The molecule has 0 aliphatic heterocycles. The third-order valence-electron chi connectivity index (χ3n) is 3.46. The molecule has 0 spiro atoms. The number of rotatable bonds is 5. The van der Waals surface area contributed by atoms with Crippen molar-refractivity contribution < 1.29 is 9.53 Å². The Balaban J connectivity index is 1.86. The number of benzene rings is 2. The summed E-state index contributed by atoms with van der Waals surface area (Å²) in [7, 11) is 0. The molecule has 0 bridgehead atoms. The molecule has 138 valence electrons. The lowest BCUT2D eigenvalue weighted by Gasteiger charge is -2.14. The van der Waals surface area contributed by atoms with Gasteiger partial charge in [-0.25, -0.2) is 0 Å². The van der Waals surface area contributed by atoms with Crippen LogP contribution in [0.25, 0.3) is 0 Å². The first-order valence-corrected chi connectivity index (χ1v) is 8.98. The fourth-order valence-electron chi connectivity index (χ4n) is 2.11. The normalized spacial score (nSPS) is 10.3. The molecule has 0 aliphatic rings. The predicted molar refractivity (Wildman–Crippen MR) is 108 cm³/mol. The maximum Gasteiger partial charge on any atom is 0.269 e. The summed E-state index contributed by atoms with van der Waals surface area (Å²) < 4.78 is 5.75. The SMILES string of the molecule is Cc1cc(OCc2ccc(C(=O)NNC(=S)NC(C)C)cc2)ccc1Cl. The van der Waals surface area contributed by atoms with Crippen LogP contribution < -0.4 is 20.9 Å². The number of aryl methyl sites for hydroxylation is 1. The number of amides is 1. The van der Waals surface area contributed by atoms with Gasteiger partial charge in [0, 0.05) is 16.6 Å². The minimum atomic E-state index is -0.265. The maximum atomic E-state index is 12.1. The molecule has 2 rings (SSSR count). The zero-order chi connectivity index (χ0) is 19.1. The second-order valence-electron chi connectivity index (χ2n) is 6.10. The maximum absolute atomic E-state index is 12.1. The summed E-state index contributed by atoms with van der Waals surface area (Å²) >= 11 is 11.1. The molecule has 0 aliphatic carbocycles. The summed E-state index contributed by atoms with van der Waals surface area (Å²) in [6.45, 7) is 6.26. The van der Waals surface area contributed by atoms with Crippen molar-refractivity contribution in [2.24, 2.45) is 0 Å². The Kier molecular flexibility index (Phi) is 7.24. The Morgan fingerprint density at radius 2 is 1.85 bits per heavy atom. The summed E-state index contributed by atoms with van der Waals surface area (Å²) in [6, 6.07) is 12.9. The number of carbonyl (C=O) groups is 1. The summed E-state index contributed by atoms with van der Waals surface area (Å²) in [4.78, 5) is 12.1. The van der Waals surface area contributed by atoms with Crippen molar-refractivity contribution in [3.05, 3.63) is 64.2 Å². The Morgan fingerprint density at radius 3 is 2.46 bits per heavy atom. The molecule has 3 N–H and O–H groups in total. The van der Waals surface area contributed by atoms with Gasteiger partial charge in [0.2, 0.25) is 0 Å². The van der Waals surface area contributed by atoms with Crippen molar-refractivity contribution in [3.63, 3.8) is 0 Å². The van der Waals surface area contributed by atoms with Crippen LogP contribution in [0.4, 0.5) is 0 Å². The molecule has 0 saturated heterocycles. The zero-order valence-corrected chi connectivity index (χ0v) is 16.5. The lowest BCUT2D eigenvalue weighted by Crippen LogP contribution is -2.48. The fourth-order valence-corrected chi connectivity index (χ4v) is 2.51. The molecule has 0 radical (unpaired) electrons. The van der Waals surface area contributed by atoms with E-state index in [2.05, 4.69) is 16.2 Å². The van der Waals surface area contributed by atoms with E-state index in [0.717, 1.165) is 16.9 Å². The molecule has 5 nitrogen and oxygen atoms in total. The van der Waals surface area contributed by atoms with Crippen LogP contribution in [0.15, 0.2) is 42.5 Å². The number of nitrogens with one attached hydrogen (secondary N) is 3. The Hall–Kier alpha value is -2.31.